The van der Waals surface area contributed by atoms with Crippen molar-refractivity contribution in [3.63, 3.8) is 0 Å². The molecule has 0 aromatic heterocycles. The average Bonchev–Trinajstić information content (AvgIpc) is 2.93. The Morgan fingerprint density at radius 2 is 1.95 bits per heavy atom. The predicted octanol–water partition coefficient (Wildman–Crippen LogP) is 1.04. The fourth-order valence-corrected chi connectivity index (χ4v) is 2.37. The number of ether oxygens (including phenoxy) is 1. The van der Waals surface area contributed by atoms with Crippen LogP contribution in [0.2, 0.25) is 0 Å². The Balaban J connectivity index is 0.000000235. The smallest absolute Gasteiger partial charge is 0.339 e. The molecule has 1 saturated heterocycles. The summed E-state index contributed by atoms with van der Waals surface area (Å²) in [5.74, 6) is -0.838. The molecule has 21 heavy (non-hydrogen) atoms. The van der Waals surface area contributed by atoms with Crippen LogP contribution in [0.1, 0.15) is 17.3 Å². The van der Waals surface area contributed by atoms with Crippen LogP contribution in [-0.2, 0) is 9.59 Å². The number of carboxylic acids is 2. The number of esters is 1. The van der Waals surface area contributed by atoms with E-state index in [0.717, 1.165) is 5.88 Å². The lowest BCUT2D eigenvalue weighted by Gasteiger charge is -2.03. The molecule has 7 nitrogen and oxygen atoms in total. The molecule has 0 aliphatic carbocycles. The van der Waals surface area contributed by atoms with Gasteiger partial charge in [-0.25, -0.2) is 4.79 Å². The summed E-state index contributed by atoms with van der Waals surface area (Å²) in [4.78, 5) is 31.3. The first kappa shape index (κ1) is 17.0. The number of thioether (sulfide) groups is 1. The highest BCUT2D eigenvalue weighted by Gasteiger charge is 2.20. The fourth-order valence-electron chi connectivity index (χ4n) is 1.44. The lowest BCUT2D eigenvalue weighted by Crippen LogP contribution is -2.32. The number of carbonyl (C=O) groups excluding carboxylic acids is 1. The molecule has 3 N–H and O–H groups in total. The SMILES string of the molecule is CC(=O)Oc1ccccc1C(=O)O.O=C(O)C1CSCN1. The van der Waals surface area contributed by atoms with E-state index in [4.69, 9.17) is 10.2 Å². The van der Waals surface area contributed by atoms with Gasteiger partial charge in [0, 0.05) is 18.6 Å². The van der Waals surface area contributed by atoms with E-state index in [0.29, 0.717) is 5.75 Å². The van der Waals surface area contributed by atoms with Crippen LogP contribution in [0.25, 0.3) is 0 Å². The molecule has 1 atom stereocenters. The van der Waals surface area contributed by atoms with Crippen LogP contribution < -0.4 is 10.1 Å². The molecule has 2 rings (SSSR count). The van der Waals surface area contributed by atoms with Gasteiger partial charge < -0.3 is 14.9 Å². The summed E-state index contributed by atoms with van der Waals surface area (Å²) in [6.45, 7) is 1.22. The second kappa shape index (κ2) is 8.28. The normalized spacial score (nSPS) is 16.5. The topological polar surface area (TPSA) is 113 Å². The highest BCUT2D eigenvalue weighted by atomic mass is 32.2. The molecule has 1 aliphatic heterocycles. The summed E-state index contributed by atoms with van der Waals surface area (Å²) >= 11 is 1.62. The molecule has 1 heterocycles. The van der Waals surface area contributed by atoms with Crippen molar-refractivity contribution in [1.82, 2.24) is 5.32 Å². The number of aromatic carboxylic acids is 1. The van der Waals surface area contributed by atoms with Crippen molar-refractivity contribution in [2.75, 3.05) is 11.6 Å². The molecule has 0 amide bonds. The zero-order chi connectivity index (χ0) is 15.8. The zero-order valence-corrected chi connectivity index (χ0v) is 12.1. The molecular formula is C13H15NO6S. The van der Waals surface area contributed by atoms with Gasteiger partial charge in [-0.15, -0.1) is 11.8 Å². The Bertz CT molecular complexity index is 527. The van der Waals surface area contributed by atoms with Crippen molar-refractivity contribution in [3.05, 3.63) is 29.8 Å². The Morgan fingerprint density at radius 3 is 2.38 bits per heavy atom. The van der Waals surface area contributed by atoms with Crippen LogP contribution in [-0.4, -0.2) is 45.8 Å². The van der Waals surface area contributed by atoms with E-state index in [9.17, 15) is 14.4 Å². The first-order valence-electron chi connectivity index (χ1n) is 5.96. The molecule has 1 aromatic carbocycles. The van der Waals surface area contributed by atoms with E-state index in [-0.39, 0.29) is 17.4 Å². The third-order valence-electron chi connectivity index (χ3n) is 2.39. The van der Waals surface area contributed by atoms with Crippen LogP contribution in [0, 0.1) is 0 Å². The van der Waals surface area contributed by atoms with Gasteiger partial charge in [-0.3, -0.25) is 14.9 Å². The van der Waals surface area contributed by atoms with Gasteiger partial charge in [-0.2, -0.15) is 0 Å². The molecule has 1 unspecified atom stereocenters. The molecule has 8 heteroatoms. The van der Waals surface area contributed by atoms with E-state index >= 15 is 0 Å². The summed E-state index contributed by atoms with van der Waals surface area (Å²) in [6.07, 6.45) is 0. The Kier molecular flexibility index (Phi) is 6.70. The Labute approximate surface area is 125 Å². The van der Waals surface area contributed by atoms with Crippen molar-refractivity contribution in [2.45, 2.75) is 13.0 Å². The minimum Gasteiger partial charge on any atom is -0.480 e. The number of benzene rings is 1. The standard InChI is InChI=1S/C9H8O4.C4H7NO2S/c1-6(10)13-8-5-3-2-4-7(8)9(11)12;6-4(7)3-1-8-2-5-3/h2-5H,1H3,(H,11,12);3,5H,1-2H2,(H,6,7). The van der Waals surface area contributed by atoms with Gasteiger partial charge in [0.25, 0.3) is 0 Å². The minimum absolute atomic E-state index is 0.0160. The first-order chi connectivity index (χ1) is 9.91. The number of para-hydroxylation sites is 1. The van der Waals surface area contributed by atoms with E-state index in [1.165, 1.54) is 19.1 Å². The van der Waals surface area contributed by atoms with E-state index in [2.05, 4.69) is 10.1 Å². The van der Waals surface area contributed by atoms with E-state index < -0.39 is 17.9 Å². The molecular weight excluding hydrogens is 298 g/mol. The quantitative estimate of drug-likeness (QED) is 0.560. The van der Waals surface area contributed by atoms with Crippen molar-refractivity contribution in [2.24, 2.45) is 0 Å². The zero-order valence-electron chi connectivity index (χ0n) is 11.2. The molecule has 1 aromatic rings. The van der Waals surface area contributed by atoms with Gasteiger partial charge in [0.1, 0.15) is 17.4 Å². The van der Waals surface area contributed by atoms with Gasteiger partial charge in [0.05, 0.1) is 0 Å². The number of hydrogen-bond acceptors (Lipinski definition) is 6. The third-order valence-corrected chi connectivity index (χ3v) is 3.33. The summed E-state index contributed by atoms with van der Waals surface area (Å²) < 4.78 is 4.69. The van der Waals surface area contributed by atoms with Crippen LogP contribution in [0.5, 0.6) is 5.75 Å². The van der Waals surface area contributed by atoms with Gasteiger partial charge in [0.2, 0.25) is 0 Å². The lowest BCUT2D eigenvalue weighted by atomic mass is 10.2. The molecule has 1 fully saturated rings. The van der Waals surface area contributed by atoms with Crippen molar-refractivity contribution in [3.8, 4) is 5.75 Å². The minimum atomic E-state index is -1.11. The second-order valence-corrected chi connectivity index (χ2v) is 5.04. The number of aliphatic carboxylic acids is 1. The summed E-state index contributed by atoms with van der Waals surface area (Å²) in [5, 5.41) is 19.8. The number of carboxylic acid groups (broad SMARTS) is 2. The lowest BCUT2D eigenvalue weighted by molar-refractivity contribution is -0.138. The average molecular weight is 313 g/mol. The number of nitrogens with one attached hydrogen (secondary N) is 1. The molecule has 0 radical (unpaired) electrons. The monoisotopic (exact) mass is 313 g/mol. The number of carbonyl (C=O) groups is 3. The highest BCUT2D eigenvalue weighted by Crippen LogP contribution is 2.17. The Morgan fingerprint density at radius 1 is 1.29 bits per heavy atom. The van der Waals surface area contributed by atoms with Gasteiger partial charge in [-0.05, 0) is 12.1 Å². The number of hydrogen-bond donors (Lipinski definition) is 3. The van der Waals surface area contributed by atoms with Crippen molar-refractivity contribution < 1.29 is 29.3 Å². The largest absolute Gasteiger partial charge is 0.480 e. The second-order valence-electron chi connectivity index (χ2n) is 4.01. The molecule has 0 bridgehead atoms. The van der Waals surface area contributed by atoms with Crippen LogP contribution in [0.15, 0.2) is 24.3 Å². The molecule has 114 valence electrons. The van der Waals surface area contributed by atoms with E-state index in [1.807, 2.05) is 0 Å². The highest BCUT2D eigenvalue weighted by molar-refractivity contribution is 7.99. The predicted molar refractivity (Wildman–Crippen MR) is 76.6 cm³/mol. The van der Waals surface area contributed by atoms with Crippen molar-refractivity contribution in [1.29, 1.82) is 0 Å². The molecule has 0 saturated carbocycles. The van der Waals surface area contributed by atoms with E-state index in [1.54, 1.807) is 23.9 Å². The third kappa shape index (κ3) is 5.84. The maximum absolute atomic E-state index is 10.6. The van der Waals surface area contributed by atoms with Crippen LogP contribution in [0.3, 0.4) is 0 Å². The van der Waals surface area contributed by atoms with Crippen LogP contribution >= 0.6 is 11.8 Å². The summed E-state index contributed by atoms with van der Waals surface area (Å²) in [6, 6.07) is 5.67. The summed E-state index contributed by atoms with van der Waals surface area (Å²) in [7, 11) is 0. The first-order valence-corrected chi connectivity index (χ1v) is 7.12. The fraction of sp³-hybridized carbons (Fsp3) is 0.308. The van der Waals surface area contributed by atoms with Gasteiger partial charge in [0.15, 0.2) is 0 Å². The van der Waals surface area contributed by atoms with Crippen molar-refractivity contribution >= 4 is 29.7 Å². The number of rotatable bonds is 3. The maximum Gasteiger partial charge on any atom is 0.339 e. The van der Waals surface area contributed by atoms with Gasteiger partial charge >= 0.3 is 17.9 Å². The Hall–Kier alpha value is -2.06. The van der Waals surface area contributed by atoms with Gasteiger partial charge in [-0.1, -0.05) is 12.1 Å². The molecule has 0 spiro atoms. The molecule has 1 aliphatic rings. The van der Waals surface area contributed by atoms with Crippen LogP contribution in [0.4, 0.5) is 0 Å². The summed E-state index contributed by atoms with van der Waals surface area (Å²) in [5.41, 5.74) is -0.0160. The maximum atomic E-state index is 10.6.